The van der Waals surface area contributed by atoms with Gasteiger partial charge in [-0.2, -0.15) is 0 Å². The molecule has 0 aliphatic carbocycles. The number of anilines is 1. The second-order valence-electron chi connectivity index (χ2n) is 3.33. The van der Waals surface area contributed by atoms with E-state index in [1.165, 1.54) is 0 Å². The molecule has 0 radical (unpaired) electrons. The first-order valence-electron chi connectivity index (χ1n) is 4.51. The van der Waals surface area contributed by atoms with Gasteiger partial charge in [-0.25, -0.2) is 4.98 Å². The van der Waals surface area contributed by atoms with Gasteiger partial charge in [0.15, 0.2) is 0 Å². The molecule has 5 nitrogen and oxygen atoms in total. The van der Waals surface area contributed by atoms with Gasteiger partial charge >= 0.3 is 5.97 Å². The van der Waals surface area contributed by atoms with Gasteiger partial charge in [0.1, 0.15) is 5.82 Å². The summed E-state index contributed by atoms with van der Waals surface area (Å²) < 4.78 is 0. The van der Waals surface area contributed by atoms with Crippen LogP contribution < -0.4 is 4.90 Å². The third-order valence-electron chi connectivity index (χ3n) is 2.41. The Labute approximate surface area is 81.4 Å². The fourth-order valence-electron chi connectivity index (χ4n) is 1.62. The molecule has 1 saturated heterocycles. The zero-order chi connectivity index (χ0) is 9.97. The molecule has 1 atom stereocenters. The molecule has 0 spiro atoms. The highest BCUT2D eigenvalue weighted by molar-refractivity contribution is 5.71. The largest absolute Gasteiger partial charge is 0.481 e. The Kier molecular flexibility index (Phi) is 2.30. The highest BCUT2D eigenvalue weighted by Gasteiger charge is 2.28. The van der Waals surface area contributed by atoms with Crippen LogP contribution in [-0.4, -0.2) is 34.1 Å². The van der Waals surface area contributed by atoms with Gasteiger partial charge in [0.2, 0.25) is 0 Å². The predicted molar refractivity (Wildman–Crippen MR) is 50.0 cm³/mol. The van der Waals surface area contributed by atoms with E-state index in [0.29, 0.717) is 13.0 Å². The summed E-state index contributed by atoms with van der Waals surface area (Å²) in [5.41, 5.74) is 0. The molecule has 1 aromatic heterocycles. The van der Waals surface area contributed by atoms with Gasteiger partial charge in [-0.15, -0.1) is 0 Å². The summed E-state index contributed by atoms with van der Waals surface area (Å²) in [5, 5.41) is 8.82. The first kappa shape index (κ1) is 8.93. The molecular weight excluding hydrogens is 182 g/mol. The van der Waals surface area contributed by atoms with Crippen molar-refractivity contribution in [2.45, 2.75) is 6.42 Å². The number of hydrogen-bond acceptors (Lipinski definition) is 4. The van der Waals surface area contributed by atoms with E-state index in [4.69, 9.17) is 5.11 Å². The smallest absolute Gasteiger partial charge is 0.308 e. The molecule has 2 rings (SSSR count). The molecule has 1 aliphatic heterocycles. The van der Waals surface area contributed by atoms with Gasteiger partial charge in [0.05, 0.1) is 12.1 Å². The Morgan fingerprint density at radius 2 is 2.43 bits per heavy atom. The summed E-state index contributed by atoms with van der Waals surface area (Å²) >= 11 is 0. The number of carboxylic acid groups (broad SMARTS) is 1. The first-order chi connectivity index (χ1) is 6.77. The Balaban J connectivity index is 2.06. The van der Waals surface area contributed by atoms with Crippen LogP contribution in [0.15, 0.2) is 18.6 Å². The van der Waals surface area contributed by atoms with Crippen molar-refractivity contribution in [2.75, 3.05) is 18.0 Å². The summed E-state index contributed by atoms with van der Waals surface area (Å²) in [7, 11) is 0. The van der Waals surface area contributed by atoms with Gasteiger partial charge < -0.3 is 10.0 Å². The maximum atomic E-state index is 10.7. The lowest BCUT2D eigenvalue weighted by Gasteiger charge is -2.15. The van der Waals surface area contributed by atoms with Crippen LogP contribution in [0.3, 0.4) is 0 Å². The van der Waals surface area contributed by atoms with Crippen LogP contribution in [0.1, 0.15) is 6.42 Å². The second-order valence-corrected chi connectivity index (χ2v) is 3.33. The van der Waals surface area contributed by atoms with Gasteiger partial charge in [-0.3, -0.25) is 9.78 Å². The number of rotatable bonds is 2. The molecule has 0 bridgehead atoms. The first-order valence-corrected chi connectivity index (χ1v) is 4.51. The Morgan fingerprint density at radius 3 is 3.00 bits per heavy atom. The van der Waals surface area contributed by atoms with Crippen molar-refractivity contribution >= 4 is 11.8 Å². The molecule has 0 unspecified atom stereocenters. The van der Waals surface area contributed by atoms with Crippen LogP contribution in [0.5, 0.6) is 0 Å². The molecule has 1 fully saturated rings. The molecule has 0 amide bonds. The zero-order valence-electron chi connectivity index (χ0n) is 7.63. The molecular formula is C9H11N3O2. The zero-order valence-corrected chi connectivity index (χ0v) is 7.63. The van der Waals surface area contributed by atoms with Gasteiger partial charge in [-0.1, -0.05) is 0 Å². The third kappa shape index (κ3) is 1.66. The lowest BCUT2D eigenvalue weighted by molar-refractivity contribution is -0.140. The molecule has 74 valence electrons. The summed E-state index contributed by atoms with van der Waals surface area (Å²) in [6.07, 6.45) is 5.56. The lowest BCUT2D eigenvalue weighted by atomic mass is 10.1. The molecule has 0 saturated carbocycles. The fraction of sp³-hybridized carbons (Fsp3) is 0.444. The van der Waals surface area contributed by atoms with Crippen LogP contribution in [0, 0.1) is 5.92 Å². The maximum Gasteiger partial charge on any atom is 0.308 e. The molecule has 1 aliphatic rings. The molecule has 0 aromatic carbocycles. The van der Waals surface area contributed by atoms with Crippen molar-refractivity contribution < 1.29 is 9.90 Å². The average molecular weight is 193 g/mol. The van der Waals surface area contributed by atoms with Gasteiger partial charge in [0, 0.05) is 25.5 Å². The van der Waals surface area contributed by atoms with Crippen molar-refractivity contribution in [3.05, 3.63) is 18.6 Å². The van der Waals surface area contributed by atoms with E-state index >= 15 is 0 Å². The van der Waals surface area contributed by atoms with E-state index in [9.17, 15) is 4.79 Å². The van der Waals surface area contributed by atoms with Crippen LogP contribution in [0.25, 0.3) is 0 Å². The molecule has 2 heterocycles. The summed E-state index contributed by atoms with van der Waals surface area (Å²) in [6.45, 7) is 1.28. The highest BCUT2D eigenvalue weighted by atomic mass is 16.4. The minimum absolute atomic E-state index is 0.267. The number of carbonyl (C=O) groups is 1. The van der Waals surface area contributed by atoms with E-state index in [1.54, 1.807) is 18.6 Å². The Hall–Kier alpha value is -1.65. The number of carboxylic acids is 1. The fourth-order valence-corrected chi connectivity index (χ4v) is 1.62. The summed E-state index contributed by atoms with van der Waals surface area (Å²) in [4.78, 5) is 20.7. The molecule has 5 heteroatoms. The summed E-state index contributed by atoms with van der Waals surface area (Å²) in [5.74, 6) is -0.232. The minimum atomic E-state index is -0.726. The normalized spacial score (nSPS) is 21.1. The van der Waals surface area contributed by atoms with E-state index in [-0.39, 0.29) is 5.92 Å². The van der Waals surface area contributed by atoms with E-state index in [1.807, 2.05) is 4.90 Å². The monoisotopic (exact) mass is 193 g/mol. The van der Waals surface area contributed by atoms with Crippen molar-refractivity contribution in [1.29, 1.82) is 0 Å². The number of hydrogen-bond donors (Lipinski definition) is 1. The standard InChI is InChI=1S/C9H11N3O2/c13-9(14)7-1-4-12(6-7)8-5-10-2-3-11-8/h2-3,5,7H,1,4,6H2,(H,13,14)/t7-/m0/s1. The number of aliphatic carboxylic acids is 1. The molecule has 1 N–H and O–H groups in total. The minimum Gasteiger partial charge on any atom is -0.481 e. The van der Waals surface area contributed by atoms with E-state index in [0.717, 1.165) is 12.4 Å². The predicted octanol–water partition coefficient (Wildman–Crippen LogP) is 0.387. The quantitative estimate of drug-likeness (QED) is 0.735. The maximum absolute atomic E-state index is 10.7. The number of nitrogens with zero attached hydrogens (tertiary/aromatic N) is 3. The van der Waals surface area contributed by atoms with Crippen LogP contribution in [-0.2, 0) is 4.79 Å². The number of aromatic nitrogens is 2. The van der Waals surface area contributed by atoms with Crippen molar-refractivity contribution in [3.63, 3.8) is 0 Å². The van der Waals surface area contributed by atoms with Crippen molar-refractivity contribution in [1.82, 2.24) is 9.97 Å². The van der Waals surface area contributed by atoms with Gasteiger partial charge in [0.25, 0.3) is 0 Å². The SMILES string of the molecule is O=C(O)[C@H]1CCN(c2cnccn2)C1. The lowest BCUT2D eigenvalue weighted by Crippen LogP contribution is -2.23. The van der Waals surface area contributed by atoms with Crippen LogP contribution in [0.2, 0.25) is 0 Å². The molecule has 14 heavy (non-hydrogen) atoms. The van der Waals surface area contributed by atoms with Crippen LogP contribution in [0.4, 0.5) is 5.82 Å². The topological polar surface area (TPSA) is 66.3 Å². The van der Waals surface area contributed by atoms with Crippen molar-refractivity contribution in [3.8, 4) is 0 Å². The van der Waals surface area contributed by atoms with E-state index in [2.05, 4.69) is 9.97 Å². The Morgan fingerprint density at radius 1 is 1.57 bits per heavy atom. The van der Waals surface area contributed by atoms with Crippen molar-refractivity contribution in [2.24, 2.45) is 5.92 Å². The Bertz CT molecular complexity index is 328. The van der Waals surface area contributed by atoms with Crippen LogP contribution >= 0.6 is 0 Å². The van der Waals surface area contributed by atoms with E-state index < -0.39 is 5.97 Å². The highest BCUT2D eigenvalue weighted by Crippen LogP contribution is 2.20. The summed E-state index contributed by atoms with van der Waals surface area (Å²) in [6, 6.07) is 0. The third-order valence-corrected chi connectivity index (χ3v) is 2.41. The average Bonchev–Trinajstić information content (AvgIpc) is 2.68. The molecule has 1 aromatic rings. The second kappa shape index (κ2) is 3.61. The van der Waals surface area contributed by atoms with Gasteiger partial charge in [-0.05, 0) is 6.42 Å².